The number of aromatic nitrogens is 2. The Labute approximate surface area is 91.0 Å². The summed E-state index contributed by atoms with van der Waals surface area (Å²) >= 11 is 0. The minimum absolute atomic E-state index is 0.0528. The van der Waals surface area contributed by atoms with E-state index in [4.69, 9.17) is 5.11 Å². The highest BCUT2D eigenvalue weighted by molar-refractivity contribution is 5.36. The molecule has 1 unspecified atom stereocenters. The van der Waals surface area contributed by atoms with Crippen LogP contribution in [0, 0.1) is 0 Å². The number of hydrogen-bond acceptors (Lipinski definition) is 4. The molecule has 0 fully saturated rings. The van der Waals surface area contributed by atoms with Crippen molar-refractivity contribution < 1.29 is 5.11 Å². The van der Waals surface area contributed by atoms with Crippen LogP contribution in [0.25, 0.3) is 0 Å². The Morgan fingerprint density at radius 3 is 2.47 bits per heavy atom. The molecule has 1 atom stereocenters. The van der Waals surface area contributed by atoms with Gasteiger partial charge in [-0.2, -0.15) is 0 Å². The Balaban J connectivity index is 2.83. The molecule has 1 aromatic heterocycles. The molecule has 1 rings (SSSR count). The van der Waals surface area contributed by atoms with Crippen LogP contribution in [0.5, 0.6) is 0 Å². The summed E-state index contributed by atoms with van der Waals surface area (Å²) in [5.74, 6) is 0.879. The third kappa shape index (κ3) is 2.89. The van der Waals surface area contributed by atoms with Gasteiger partial charge in [0.15, 0.2) is 0 Å². The van der Waals surface area contributed by atoms with Gasteiger partial charge in [-0.15, -0.1) is 0 Å². The molecular weight excluding hydrogens is 190 g/mol. The summed E-state index contributed by atoms with van der Waals surface area (Å²) in [7, 11) is 0. The number of anilines is 1. The molecule has 0 radical (unpaired) electrons. The van der Waals surface area contributed by atoms with Gasteiger partial charge in [0.25, 0.3) is 0 Å². The topological polar surface area (TPSA) is 49.2 Å². The maximum atomic E-state index is 8.86. The maximum absolute atomic E-state index is 8.86. The molecule has 15 heavy (non-hydrogen) atoms. The van der Waals surface area contributed by atoms with Crippen LogP contribution in [-0.4, -0.2) is 27.7 Å². The zero-order chi connectivity index (χ0) is 11.3. The second-order valence-corrected chi connectivity index (χ2v) is 3.57. The predicted molar refractivity (Wildman–Crippen MR) is 60.7 cm³/mol. The van der Waals surface area contributed by atoms with Gasteiger partial charge in [0.1, 0.15) is 5.82 Å². The summed E-state index contributed by atoms with van der Waals surface area (Å²) < 4.78 is 0. The van der Waals surface area contributed by atoms with Crippen LogP contribution in [0.2, 0.25) is 0 Å². The van der Waals surface area contributed by atoms with Gasteiger partial charge < -0.3 is 10.0 Å². The monoisotopic (exact) mass is 209 g/mol. The molecule has 1 aromatic rings. The second-order valence-electron chi connectivity index (χ2n) is 3.57. The van der Waals surface area contributed by atoms with Gasteiger partial charge in [0.2, 0.25) is 0 Å². The molecule has 0 aliphatic rings. The maximum Gasteiger partial charge on any atom is 0.147 e. The molecule has 4 nitrogen and oxygen atoms in total. The van der Waals surface area contributed by atoms with Crippen molar-refractivity contribution in [2.45, 2.75) is 39.8 Å². The zero-order valence-electron chi connectivity index (χ0n) is 9.64. The van der Waals surface area contributed by atoms with Gasteiger partial charge in [-0.05, 0) is 20.3 Å². The van der Waals surface area contributed by atoms with E-state index in [2.05, 4.69) is 35.6 Å². The molecule has 0 aromatic carbocycles. The smallest absolute Gasteiger partial charge is 0.147 e. The third-order valence-electron chi connectivity index (χ3n) is 2.61. The van der Waals surface area contributed by atoms with Crippen molar-refractivity contribution in [3.63, 3.8) is 0 Å². The summed E-state index contributed by atoms with van der Waals surface area (Å²) in [6, 6.07) is 0.462. The summed E-state index contributed by atoms with van der Waals surface area (Å²) in [5.41, 5.74) is 0.610. The molecule has 84 valence electrons. The molecule has 4 heteroatoms. The van der Waals surface area contributed by atoms with Crippen molar-refractivity contribution >= 4 is 5.82 Å². The molecule has 0 aliphatic carbocycles. The quantitative estimate of drug-likeness (QED) is 0.800. The van der Waals surface area contributed by atoms with Crippen molar-refractivity contribution in [1.29, 1.82) is 0 Å². The highest BCUT2D eigenvalue weighted by atomic mass is 16.3. The van der Waals surface area contributed by atoms with E-state index in [1.807, 2.05) is 0 Å². The van der Waals surface area contributed by atoms with Crippen LogP contribution in [0.3, 0.4) is 0 Å². The van der Waals surface area contributed by atoms with Crippen molar-refractivity contribution in [2.75, 3.05) is 11.4 Å². The first-order valence-electron chi connectivity index (χ1n) is 5.41. The average Bonchev–Trinajstić information content (AvgIpc) is 2.30. The van der Waals surface area contributed by atoms with Crippen molar-refractivity contribution in [3.05, 3.63) is 18.1 Å². The molecular formula is C11H19N3O. The van der Waals surface area contributed by atoms with Crippen LogP contribution in [0.4, 0.5) is 5.82 Å². The lowest BCUT2D eigenvalue weighted by Gasteiger charge is -2.27. The van der Waals surface area contributed by atoms with E-state index < -0.39 is 0 Å². The van der Waals surface area contributed by atoms with E-state index in [1.54, 1.807) is 12.4 Å². The van der Waals surface area contributed by atoms with Crippen molar-refractivity contribution in [2.24, 2.45) is 0 Å². The lowest BCUT2D eigenvalue weighted by Crippen LogP contribution is -2.33. The Kier molecular flexibility index (Phi) is 4.49. The lowest BCUT2D eigenvalue weighted by atomic mass is 10.2. The van der Waals surface area contributed by atoms with Gasteiger partial charge in [-0.1, -0.05) is 6.92 Å². The molecule has 0 spiro atoms. The lowest BCUT2D eigenvalue weighted by molar-refractivity contribution is 0.276. The summed E-state index contributed by atoms with van der Waals surface area (Å²) in [6.45, 7) is 7.30. The standard InChI is InChI=1S/C11H19N3O/c1-4-9(3)14(5-2)11-7-12-10(8-15)6-13-11/h6-7,9,15H,4-5,8H2,1-3H3. The van der Waals surface area contributed by atoms with Crippen LogP contribution in [-0.2, 0) is 6.61 Å². The Hall–Kier alpha value is -1.16. The average molecular weight is 209 g/mol. The summed E-state index contributed by atoms with van der Waals surface area (Å²) in [6.07, 6.45) is 4.43. The molecule has 0 bridgehead atoms. The molecule has 0 aliphatic heterocycles. The van der Waals surface area contributed by atoms with E-state index in [9.17, 15) is 0 Å². The number of aliphatic hydroxyl groups excluding tert-OH is 1. The first-order valence-corrected chi connectivity index (χ1v) is 5.41. The third-order valence-corrected chi connectivity index (χ3v) is 2.61. The largest absolute Gasteiger partial charge is 0.390 e. The van der Waals surface area contributed by atoms with Crippen molar-refractivity contribution in [3.8, 4) is 0 Å². The highest BCUT2D eigenvalue weighted by Crippen LogP contribution is 2.14. The molecule has 0 saturated heterocycles. The normalized spacial score (nSPS) is 12.5. The van der Waals surface area contributed by atoms with Gasteiger partial charge in [-0.25, -0.2) is 4.98 Å². The molecule has 1 N–H and O–H groups in total. The summed E-state index contributed by atoms with van der Waals surface area (Å²) in [5, 5.41) is 8.86. The SMILES string of the molecule is CCC(C)N(CC)c1cnc(CO)cn1. The van der Waals surface area contributed by atoms with E-state index >= 15 is 0 Å². The Morgan fingerprint density at radius 1 is 1.33 bits per heavy atom. The van der Waals surface area contributed by atoms with Gasteiger partial charge >= 0.3 is 0 Å². The fraction of sp³-hybridized carbons (Fsp3) is 0.636. The Bertz CT molecular complexity index is 286. The second kappa shape index (κ2) is 5.66. The van der Waals surface area contributed by atoms with Gasteiger partial charge in [0, 0.05) is 12.6 Å². The van der Waals surface area contributed by atoms with E-state index in [-0.39, 0.29) is 6.61 Å². The molecule has 1 heterocycles. The first kappa shape index (κ1) is 11.9. The Morgan fingerprint density at radius 2 is 2.07 bits per heavy atom. The fourth-order valence-electron chi connectivity index (χ4n) is 1.50. The minimum atomic E-state index is -0.0528. The molecule has 0 saturated carbocycles. The number of aliphatic hydroxyl groups is 1. The number of nitrogens with zero attached hydrogens (tertiary/aromatic N) is 3. The fourth-order valence-corrected chi connectivity index (χ4v) is 1.50. The van der Waals surface area contributed by atoms with Crippen LogP contribution in [0.15, 0.2) is 12.4 Å². The van der Waals surface area contributed by atoms with Gasteiger partial charge in [-0.3, -0.25) is 4.98 Å². The van der Waals surface area contributed by atoms with E-state index in [0.717, 1.165) is 18.8 Å². The van der Waals surface area contributed by atoms with Crippen LogP contribution < -0.4 is 4.90 Å². The summed E-state index contributed by atoms with van der Waals surface area (Å²) in [4.78, 5) is 10.6. The highest BCUT2D eigenvalue weighted by Gasteiger charge is 2.12. The van der Waals surface area contributed by atoms with Crippen LogP contribution >= 0.6 is 0 Å². The molecule has 0 amide bonds. The first-order chi connectivity index (χ1) is 7.22. The van der Waals surface area contributed by atoms with E-state index in [1.165, 1.54) is 0 Å². The van der Waals surface area contributed by atoms with Crippen LogP contribution in [0.1, 0.15) is 32.9 Å². The number of hydrogen-bond donors (Lipinski definition) is 1. The minimum Gasteiger partial charge on any atom is -0.390 e. The zero-order valence-corrected chi connectivity index (χ0v) is 9.64. The number of rotatable bonds is 5. The van der Waals surface area contributed by atoms with E-state index in [0.29, 0.717) is 11.7 Å². The van der Waals surface area contributed by atoms with Gasteiger partial charge in [0.05, 0.1) is 24.7 Å². The van der Waals surface area contributed by atoms with Crippen molar-refractivity contribution in [1.82, 2.24) is 9.97 Å². The predicted octanol–water partition coefficient (Wildman–Crippen LogP) is 1.59.